The van der Waals surface area contributed by atoms with Crippen molar-refractivity contribution in [3.05, 3.63) is 46.1 Å². The molecule has 3 aliphatic rings. The summed E-state index contributed by atoms with van der Waals surface area (Å²) >= 11 is 6.37. The van der Waals surface area contributed by atoms with E-state index in [9.17, 15) is 4.79 Å². The van der Waals surface area contributed by atoms with Crippen LogP contribution in [0.5, 0.6) is 0 Å². The molecule has 2 atom stereocenters. The first-order valence-corrected chi connectivity index (χ1v) is 11.3. The highest BCUT2D eigenvalue weighted by Gasteiger charge is 2.33. The minimum absolute atomic E-state index is 0.00427. The van der Waals surface area contributed by atoms with E-state index in [0.29, 0.717) is 18.2 Å². The summed E-state index contributed by atoms with van der Waals surface area (Å²) in [7, 11) is 1.71. The summed E-state index contributed by atoms with van der Waals surface area (Å²) in [5.41, 5.74) is 5.58. The topological polar surface area (TPSA) is 74.2 Å². The highest BCUT2D eigenvalue weighted by atomic mass is 35.5. The number of anilines is 2. The van der Waals surface area contributed by atoms with Crippen LogP contribution in [0.15, 0.2) is 18.5 Å². The summed E-state index contributed by atoms with van der Waals surface area (Å²) < 4.78 is 0. The second-order valence-electron chi connectivity index (χ2n) is 8.63. The molecule has 0 spiro atoms. The SMILES string of the molecule is CNC(=O)[C@H]1CCCN(c2ncnc3c2CN(c2cc(Cl)nc4c2C=CC4)[C@H](C)C3)C1. The summed E-state index contributed by atoms with van der Waals surface area (Å²) in [4.78, 5) is 30.7. The van der Waals surface area contributed by atoms with Gasteiger partial charge in [0.05, 0.1) is 17.3 Å². The number of amides is 1. The number of hydrogen-bond donors (Lipinski definition) is 1. The molecular formula is C23H27ClN6O. The number of piperidine rings is 1. The lowest BCUT2D eigenvalue weighted by molar-refractivity contribution is -0.124. The van der Waals surface area contributed by atoms with E-state index < -0.39 is 0 Å². The van der Waals surface area contributed by atoms with Gasteiger partial charge in [-0.25, -0.2) is 15.0 Å². The summed E-state index contributed by atoms with van der Waals surface area (Å²) in [5, 5.41) is 3.33. The molecule has 2 aromatic rings. The first-order chi connectivity index (χ1) is 15.0. The minimum atomic E-state index is -0.00427. The van der Waals surface area contributed by atoms with Crippen molar-refractivity contribution in [2.24, 2.45) is 5.92 Å². The molecule has 1 fully saturated rings. The van der Waals surface area contributed by atoms with Gasteiger partial charge >= 0.3 is 0 Å². The van der Waals surface area contributed by atoms with E-state index in [0.717, 1.165) is 66.2 Å². The summed E-state index contributed by atoms with van der Waals surface area (Å²) in [6.07, 6.45) is 9.53. The molecule has 2 aliphatic heterocycles. The van der Waals surface area contributed by atoms with Crippen LogP contribution in [0.4, 0.5) is 11.5 Å². The number of allylic oxidation sites excluding steroid dienone is 1. The minimum Gasteiger partial charge on any atom is -0.363 e. The zero-order valence-corrected chi connectivity index (χ0v) is 18.7. The molecule has 5 rings (SSSR count). The number of hydrogen-bond acceptors (Lipinski definition) is 6. The third-order valence-corrected chi connectivity index (χ3v) is 6.88. The van der Waals surface area contributed by atoms with Crippen molar-refractivity contribution in [2.75, 3.05) is 29.9 Å². The van der Waals surface area contributed by atoms with Crippen LogP contribution >= 0.6 is 11.6 Å². The largest absolute Gasteiger partial charge is 0.363 e. The third-order valence-electron chi connectivity index (χ3n) is 6.69. The molecular weight excluding hydrogens is 412 g/mol. The summed E-state index contributed by atoms with van der Waals surface area (Å²) in [6, 6.07) is 2.26. The van der Waals surface area contributed by atoms with Crippen LogP contribution in [0.1, 0.15) is 42.3 Å². The number of pyridine rings is 1. The van der Waals surface area contributed by atoms with Crippen LogP contribution in [0.3, 0.4) is 0 Å². The quantitative estimate of drug-likeness (QED) is 0.742. The molecule has 7 nitrogen and oxygen atoms in total. The lowest BCUT2D eigenvalue weighted by Crippen LogP contribution is -2.44. The number of carbonyl (C=O) groups excluding carboxylic acids is 1. The van der Waals surface area contributed by atoms with Crippen LogP contribution in [0.25, 0.3) is 6.08 Å². The fourth-order valence-corrected chi connectivity index (χ4v) is 5.30. The Labute approximate surface area is 187 Å². The van der Waals surface area contributed by atoms with Gasteiger partial charge in [0.2, 0.25) is 5.91 Å². The molecule has 1 amide bonds. The number of nitrogens with one attached hydrogen (secondary N) is 1. The number of aromatic nitrogens is 3. The molecule has 0 aromatic carbocycles. The Hall–Kier alpha value is -2.67. The molecule has 1 N–H and O–H groups in total. The Bertz CT molecular complexity index is 1050. The standard InChI is InChI=1S/C23H27ClN6O/c1-14-9-19-17(12-30(14)20-10-21(24)28-18-7-3-6-16(18)20)22(27-13-26-19)29-8-4-5-15(11-29)23(31)25-2/h3,6,10,13-15H,4-5,7-9,11-12H2,1-2H3,(H,25,31)/t14-,15+/m1/s1. The van der Waals surface area contributed by atoms with Crippen LogP contribution in [0.2, 0.25) is 5.15 Å². The van der Waals surface area contributed by atoms with Crippen LogP contribution in [-0.2, 0) is 24.2 Å². The van der Waals surface area contributed by atoms with Gasteiger partial charge in [-0.1, -0.05) is 23.8 Å². The molecule has 1 saturated heterocycles. The molecule has 31 heavy (non-hydrogen) atoms. The number of halogens is 1. The lowest BCUT2D eigenvalue weighted by Gasteiger charge is -2.40. The van der Waals surface area contributed by atoms with Crippen molar-refractivity contribution < 1.29 is 4.79 Å². The Morgan fingerprint density at radius 1 is 1.29 bits per heavy atom. The van der Waals surface area contributed by atoms with E-state index in [4.69, 9.17) is 11.6 Å². The van der Waals surface area contributed by atoms with E-state index >= 15 is 0 Å². The van der Waals surface area contributed by atoms with Gasteiger partial charge in [0.1, 0.15) is 17.3 Å². The molecule has 0 unspecified atom stereocenters. The van der Waals surface area contributed by atoms with Crippen molar-refractivity contribution in [2.45, 2.75) is 45.2 Å². The predicted molar refractivity (Wildman–Crippen MR) is 122 cm³/mol. The van der Waals surface area contributed by atoms with Gasteiger partial charge in [0.25, 0.3) is 0 Å². The maximum atomic E-state index is 12.2. The van der Waals surface area contributed by atoms with Gasteiger partial charge in [-0.2, -0.15) is 0 Å². The van der Waals surface area contributed by atoms with Gasteiger partial charge in [-0.05, 0) is 25.8 Å². The van der Waals surface area contributed by atoms with Crippen LogP contribution < -0.4 is 15.1 Å². The number of nitrogens with zero attached hydrogens (tertiary/aromatic N) is 5. The first-order valence-electron chi connectivity index (χ1n) is 11.0. The smallest absolute Gasteiger partial charge is 0.224 e. The van der Waals surface area contributed by atoms with Crippen LogP contribution in [0, 0.1) is 5.92 Å². The predicted octanol–water partition coefficient (Wildman–Crippen LogP) is 3.01. The first kappa shape index (κ1) is 20.2. The molecule has 0 bridgehead atoms. The molecule has 162 valence electrons. The molecule has 4 heterocycles. The summed E-state index contributed by atoms with van der Waals surface area (Å²) in [5.74, 6) is 1.06. The maximum absolute atomic E-state index is 12.2. The lowest BCUT2D eigenvalue weighted by atomic mass is 9.95. The van der Waals surface area contributed by atoms with Crippen LogP contribution in [-0.4, -0.2) is 47.0 Å². The van der Waals surface area contributed by atoms with E-state index in [-0.39, 0.29) is 17.9 Å². The average Bonchev–Trinajstić information content (AvgIpc) is 3.25. The van der Waals surface area contributed by atoms with E-state index in [1.807, 2.05) is 6.07 Å². The maximum Gasteiger partial charge on any atom is 0.224 e. The van der Waals surface area contributed by atoms with E-state index in [2.05, 4.69) is 49.1 Å². The van der Waals surface area contributed by atoms with Gasteiger partial charge in [0.15, 0.2) is 0 Å². The molecule has 0 saturated carbocycles. The highest BCUT2D eigenvalue weighted by Crippen LogP contribution is 2.38. The zero-order chi connectivity index (χ0) is 21.5. The molecule has 8 heteroatoms. The van der Waals surface area contributed by atoms with E-state index in [1.165, 1.54) is 0 Å². The Balaban J connectivity index is 1.50. The van der Waals surface area contributed by atoms with Gasteiger partial charge in [0, 0.05) is 62.4 Å². The monoisotopic (exact) mass is 438 g/mol. The normalized spacial score (nSPS) is 22.3. The second kappa shape index (κ2) is 8.11. The fraction of sp³-hybridized carbons (Fsp3) is 0.478. The molecule has 2 aromatic heterocycles. The van der Waals surface area contributed by atoms with Crippen molar-refractivity contribution in [3.8, 4) is 0 Å². The van der Waals surface area contributed by atoms with Crippen molar-refractivity contribution in [1.82, 2.24) is 20.3 Å². The Kier molecular flexibility index (Phi) is 5.30. The number of fused-ring (bicyclic) bond motifs is 2. The van der Waals surface area contributed by atoms with E-state index in [1.54, 1.807) is 13.4 Å². The van der Waals surface area contributed by atoms with Crippen molar-refractivity contribution in [3.63, 3.8) is 0 Å². The van der Waals surface area contributed by atoms with Gasteiger partial charge in [-0.15, -0.1) is 0 Å². The number of rotatable bonds is 3. The second-order valence-corrected chi connectivity index (χ2v) is 9.02. The summed E-state index contributed by atoms with van der Waals surface area (Å²) in [6.45, 7) is 4.55. The Morgan fingerprint density at radius 2 is 2.16 bits per heavy atom. The molecule has 0 radical (unpaired) electrons. The zero-order valence-electron chi connectivity index (χ0n) is 17.9. The Morgan fingerprint density at radius 3 is 3.00 bits per heavy atom. The fourth-order valence-electron chi connectivity index (χ4n) is 5.10. The average molecular weight is 439 g/mol. The molecule has 1 aliphatic carbocycles. The highest BCUT2D eigenvalue weighted by molar-refractivity contribution is 6.29. The van der Waals surface area contributed by atoms with Gasteiger partial charge < -0.3 is 15.1 Å². The van der Waals surface area contributed by atoms with Crippen molar-refractivity contribution >= 4 is 35.1 Å². The van der Waals surface area contributed by atoms with Gasteiger partial charge in [-0.3, -0.25) is 4.79 Å². The number of carbonyl (C=O) groups is 1. The van der Waals surface area contributed by atoms with Crippen molar-refractivity contribution in [1.29, 1.82) is 0 Å². The third kappa shape index (κ3) is 3.65.